The first-order valence-corrected chi connectivity index (χ1v) is 11.4. The molecule has 1 aliphatic carbocycles. The molecule has 3 amide bonds. The van der Waals surface area contributed by atoms with E-state index in [2.05, 4.69) is 25.5 Å². The van der Waals surface area contributed by atoms with Gasteiger partial charge in [-0.1, -0.05) is 6.08 Å². The van der Waals surface area contributed by atoms with Crippen molar-refractivity contribution in [2.75, 3.05) is 18.0 Å². The summed E-state index contributed by atoms with van der Waals surface area (Å²) >= 11 is 0. The highest BCUT2D eigenvalue weighted by molar-refractivity contribution is 6.19. The molecule has 1 fully saturated rings. The largest absolute Gasteiger partial charge is 0.352 e. The molecule has 4 heterocycles. The number of fused-ring (bicyclic) bond motifs is 2. The highest BCUT2D eigenvalue weighted by Gasteiger charge is 2.30. The third-order valence-electron chi connectivity index (χ3n) is 6.44. The predicted molar refractivity (Wildman–Crippen MR) is 129 cm³/mol. The molecule has 3 aliphatic rings. The van der Waals surface area contributed by atoms with E-state index >= 15 is 0 Å². The SMILES string of the molecule is CC(=O)N[C@H]1CCN(c2nccn3c(C4C=CC5=NC(=O)NC5=C4)c(-c4ccc(F)cc4)nc23)C1. The zero-order valence-corrected chi connectivity index (χ0v) is 18.9. The van der Waals surface area contributed by atoms with Crippen molar-refractivity contribution in [2.45, 2.75) is 25.3 Å². The second kappa shape index (κ2) is 8.15. The lowest BCUT2D eigenvalue weighted by Crippen LogP contribution is -2.35. The van der Waals surface area contributed by atoms with Crippen LogP contribution in [0.1, 0.15) is 25.0 Å². The lowest BCUT2D eigenvalue weighted by atomic mass is 9.93. The second-order valence-electron chi connectivity index (χ2n) is 8.82. The van der Waals surface area contributed by atoms with Crippen molar-refractivity contribution in [2.24, 2.45) is 4.99 Å². The number of amides is 3. The van der Waals surface area contributed by atoms with Gasteiger partial charge in [0.25, 0.3) is 0 Å². The maximum atomic E-state index is 13.7. The Morgan fingerprint density at radius 3 is 2.89 bits per heavy atom. The number of aliphatic imine (C=N–C) groups is 1. The van der Waals surface area contributed by atoms with Crippen LogP contribution in [0.2, 0.25) is 0 Å². The Kier molecular flexibility index (Phi) is 4.94. The van der Waals surface area contributed by atoms with Crippen LogP contribution in [-0.2, 0) is 4.79 Å². The fourth-order valence-corrected chi connectivity index (χ4v) is 4.93. The second-order valence-corrected chi connectivity index (χ2v) is 8.82. The number of halogens is 1. The van der Waals surface area contributed by atoms with E-state index in [1.807, 2.05) is 28.8 Å². The quantitative estimate of drug-likeness (QED) is 0.609. The summed E-state index contributed by atoms with van der Waals surface area (Å²) in [6.07, 6.45) is 10.2. The van der Waals surface area contributed by atoms with Crippen molar-refractivity contribution in [1.29, 1.82) is 0 Å². The standard InChI is InChI=1S/C25H22FN7O2/c1-14(34)28-18-8-10-32(13-18)23-24-31-21(15-2-5-17(26)6-3-15)22(33(24)11-9-27-23)16-4-7-19-20(12-16)30-25(35)29-19/h2-7,9,11-12,16,18H,8,10,13H2,1H3,(H,28,34)(H,30,35)/t16?,18-/m0/s1. The van der Waals surface area contributed by atoms with Crippen LogP contribution in [0.15, 0.2) is 65.6 Å². The average molecular weight is 471 g/mol. The van der Waals surface area contributed by atoms with Gasteiger partial charge in [-0.25, -0.2) is 19.2 Å². The number of nitrogens with one attached hydrogen (secondary N) is 2. The molecular formula is C25H22FN7O2. The molecule has 0 bridgehead atoms. The summed E-state index contributed by atoms with van der Waals surface area (Å²) in [5.74, 6) is 0.137. The number of rotatable bonds is 4. The van der Waals surface area contributed by atoms with Gasteiger partial charge in [0.2, 0.25) is 5.91 Å². The van der Waals surface area contributed by atoms with Gasteiger partial charge in [-0.05, 0) is 42.8 Å². The summed E-state index contributed by atoms with van der Waals surface area (Å²) in [5, 5.41) is 5.75. The Balaban J connectivity index is 1.48. The topological polar surface area (TPSA) is 104 Å². The number of hydrogen-bond acceptors (Lipinski definition) is 5. The van der Waals surface area contributed by atoms with Gasteiger partial charge < -0.3 is 15.5 Å². The summed E-state index contributed by atoms with van der Waals surface area (Å²) in [6.45, 7) is 2.90. The molecule has 3 aromatic rings. The first-order valence-electron chi connectivity index (χ1n) is 11.4. The van der Waals surface area contributed by atoms with Gasteiger partial charge in [-0.2, -0.15) is 4.99 Å². The molecule has 1 unspecified atom stereocenters. The van der Waals surface area contributed by atoms with E-state index in [9.17, 15) is 14.0 Å². The molecule has 10 heteroatoms. The van der Waals surface area contributed by atoms with Gasteiger partial charge in [0.15, 0.2) is 11.5 Å². The van der Waals surface area contributed by atoms with Gasteiger partial charge in [-0.3, -0.25) is 9.20 Å². The number of urea groups is 1. The predicted octanol–water partition coefficient (Wildman–Crippen LogP) is 2.95. The normalized spacial score (nSPS) is 21.1. The van der Waals surface area contributed by atoms with Crippen molar-refractivity contribution < 1.29 is 14.0 Å². The van der Waals surface area contributed by atoms with Crippen molar-refractivity contribution in [3.63, 3.8) is 0 Å². The summed E-state index contributed by atoms with van der Waals surface area (Å²) in [4.78, 5) is 39.0. The third kappa shape index (κ3) is 3.76. The van der Waals surface area contributed by atoms with Crippen LogP contribution in [-0.4, -0.2) is 51.1 Å². The van der Waals surface area contributed by atoms with E-state index in [1.54, 1.807) is 18.3 Å². The highest BCUT2D eigenvalue weighted by atomic mass is 19.1. The average Bonchev–Trinajstić information content (AvgIpc) is 3.54. The molecular weight excluding hydrogens is 449 g/mol. The van der Waals surface area contributed by atoms with Crippen LogP contribution in [0, 0.1) is 5.82 Å². The van der Waals surface area contributed by atoms with Crippen LogP contribution in [0.3, 0.4) is 0 Å². The number of benzene rings is 1. The molecule has 2 aliphatic heterocycles. The van der Waals surface area contributed by atoms with Crippen LogP contribution in [0.5, 0.6) is 0 Å². The molecule has 0 radical (unpaired) electrons. The molecule has 2 atom stereocenters. The van der Waals surface area contributed by atoms with E-state index in [-0.39, 0.29) is 29.7 Å². The number of hydrogen-bond donors (Lipinski definition) is 2. The molecule has 0 spiro atoms. The monoisotopic (exact) mass is 471 g/mol. The Morgan fingerprint density at radius 2 is 2.09 bits per heavy atom. The van der Waals surface area contributed by atoms with Crippen molar-refractivity contribution in [1.82, 2.24) is 25.0 Å². The minimum Gasteiger partial charge on any atom is -0.352 e. The van der Waals surface area contributed by atoms with E-state index in [1.165, 1.54) is 19.1 Å². The molecule has 6 rings (SSSR count). The van der Waals surface area contributed by atoms with Crippen molar-refractivity contribution >= 4 is 29.1 Å². The fraction of sp³-hybridized carbons (Fsp3) is 0.240. The van der Waals surface area contributed by atoms with Gasteiger partial charge in [0.05, 0.1) is 22.8 Å². The molecule has 176 valence electrons. The molecule has 9 nitrogen and oxygen atoms in total. The molecule has 0 saturated carbocycles. The van der Waals surface area contributed by atoms with Crippen molar-refractivity contribution in [3.8, 4) is 11.3 Å². The number of imidazole rings is 1. The fourth-order valence-electron chi connectivity index (χ4n) is 4.93. The van der Waals surface area contributed by atoms with Crippen LogP contribution in [0.4, 0.5) is 15.0 Å². The first-order chi connectivity index (χ1) is 17.0. The van der Waals surface area contributed by atoms with Gasteiger partial charge in [0.1, 0.15) is 5.82 Å². The highest BCUT2D eigenvalue weighted by Crippen LogP contribution is 2.36. The molecule has 35 heavy (non-hydrogen) atoms. The molecule has 2 aromatic heterocycles. The summed E-state index contributed by atoms with van der Waals surface area (Å²) in [6, 6.07) is 5.91. The number of nitrogens with zero attached hydrogens (tertiary/aromatic N) is 5. The number of carbonyl (C=O) groups is 2. The Bertz CT molecular complexity index is 1450. The lowest BCUT2D eigenvalue weighted by molar-refractivity contribution is -0.119. The maximum Gasteiger partial charge on any atom is 0.346 e. The minimum absolute atomic E-state index is 0.0512. The third-order valence-corrected chi connectivity index (χ3v) is 6.44. The Labute approximate surface area is 200 Å². The Morgan fingerprint density at radius 1 is 1.26 bits per heavy atom. The van der Waals surface area contributed by atoms with Crippen molar-refractivity contribution in [3.05, 3.63) is 72.1 Å². The van der Waals surface area contributed by atoms with Gasteiger partial charge >= 0.3 is 6.03 Å². The van der Waals surface area contributed by atoms with Gasteiger partial charge in [-0.15, -0.1) is 0 Å². The summed E-state index contributed by atoms with van der Waals surface area (Å²) in [5.41, 5.74) is 4.29. The first kappa shape index (κ1) is 21.2. The number of anilines is 1. The van der Waals surface area contributed by atoms with E-state index in [4.69, 9.17) is 4.98 Å². The molecule has 1 saturated heterocycles. The Hall–Kier alpha value is -4.34. The molecule has 1 aromatic carbocycles. The number of aromatic nitrogens is 3. The summed E-state index contributed by atoms with van der Waals surface area (Å²) < 4.78 is 15.7. The number of carbonyl (C=O) groups excluding carboxylic acids is 2. The lowest BCUT2D eigenvalue weighted by Gasteiger charge is -2.19. The van der Waals surface area contributed by atoms with E-state index in [0.29, 0.717) is 29.3 Å². The van der Waals surface area contributed by atoms with Crippen LogP contribution >= 0.6 is 0 Å². The molecule has 2 N–H and O–H groups in total. The zero-order valence-electron chi connectivity index (χ0n) is 18.9. The number of allylic oxidation sites excluding steroid dienone is 3. The van der Waals surface area contributed by atoms with Crippen LogP contribution in [0.25, 0.3) is 16.9 Å². The van der Waals surface area contributed by atoms with Gasteiger partial charge in [0, 0.05) is 49.9 Å². The van der Waals surface area contributed by atoms with E-state index in [0.717, 1.165) is 30.0 Å². The van der Waals surface area contributed by atoms with E-state index < -0.39 is 0 Å². The smallest absolute Gasteiger partial charge is 0.346 e. The summed E-state index contributed by atoms with van der Waals surface area (Å²) in [7, 11) is 0. The zero-order chi connectivity index (χ0) is 24.1. The van der Waals surface area contributed by atoms with Crippen LogP contribution < -0.4 is 15.5 Å². The maximum absolute atomic E-state index is 13.7. The minimum atomic E-state index is -0.386.